The van der Waals surface area contributed by atoms with E-state index in [4.69, 9.17) is 4.74 Å². The number of hydrogen-bond donors (Lipinski definition) is 2. The number of nitrogens with zero attached hydrogens (tertiary/aromatic N) is 2. The number of carbonyl (C=O) groups is 1. The van der Waals surface area contributed by atoms with Crippen LogP contribution in [0.15, 0.2) is 72.8 Å². The number of aromatic hydroxyl groups is 2. The molecule has 0 unspecified atom stereocenters. The maximum Gasteiger partial charge on any atom is 0.340 e. The van der Waals surface area contributed by atoms with Crippen molar-refractivity contribution in [1.29, 1.82) is 0 Å². The number of rotatable bonds is 2. The fourth-order valence-electron chi connectivity index (χ4n) is 4.98. The first kappa shape index (κ1) is 20.2. The van der Waals surface area contributed by atoms with Crippen molar-refractivity contribution in [1.82, 2.24) is 9.97 Å². The summed E-state index contributed by atoms with van der Waals surface area (Å²) in [7, 11) is 0. The van der Waals surface area contributed by atoms with Crippen LogP contribution in [0.4, 0.5) is 0 Å². The molecule has 2 aromatic heterocycles. The molecule has 6 heteroatoms. The van der Waals surface area contributed by atoms with Gasteiger partial charge in [-0.2, -0.15) is 0 Å². The molecule has 1 aliphatic rings. The smallest absolute Gasteiger partial charge is 0.340 e. The topological polar surface area (TPSA) is 92.5 Å². The lowest BCUT2D eigenvalue weighted by Gasteiger charge is -2.32. The number of aryl methyl sites for hydroxylation is 2. The van der Waals surface area contributed by atoms with Gasteiger partial charge in [0, 0.05) is 38.9 Å². The minimum atomic E-state index is -1.33. The number of ether oxygens (including phenoxy) is 1. The molecule has 0 spiro atoms. The molecule has 0 saturated carbocycles. The first-order chi connectivity index (χ1) is 16.4. The van der Waals surface area contributed by atoms with Crippen LogP contribution in [-0.4, -0.2) is 26.2 Å². The maximum absolute atomic E-state index is 13.2. The summed E-state index contributed by atoms with van der Waals surface area (Å²) < 4.78 is 6.29. The highest BCUT2D eigenvalue weighted by Gasteiger charge is 2.50. The number of esters is 1. The molecule has 3 aromatic carbocycles. The Labute approximate surface area is 195 Å². The van der Waals surface area contributed by atoms with Gasteiger partial charge in [-0.05, 0) is 56.3 Å². The molecule has 1 aliphatic heterocycles. The second-order valence-electron chi connectivity index (χ2n) is 8.58. The Morgan fingerprint density at radius 2 is 1.21 bits per heavy atom. The Balaban J connectivity index is 1.81. The summed E-state index contributed by atoms with van der Waals surface area (Å²) in [5, 5.41) is 22.5. The molecule has 2 N–H and O–H groups in total. The SMILES string of the molecule is Cc1ccc2c(C3(c4ccc(O)c5nc(C)ccc45)OC(=O)c4ccccc43)ccc(O)c2n1. The van der Waals surface area contributed by atoms with Crippen LogP contribution in [0.2, 0.25) is 0 Å². The van der Waals surface area contributed by atoms with Crippen LogP contribution >= 0.6 is 0 Å². The number of fused-ring (bicyclic) bond motifs is 3. The van der Waals surface area contributed by atoms with E-state index in [1.165, 1.54) is 0 Å². The number of carbonyl (C=O) groups excluding carboxylic acids is 1. The van der Waals surface area contributed by atoms with E-state index in [9.17, 15) is 15.0 Å². The molecule has 6 nitrogen and oxygen atoms in total. The van der Waals surface area contributed by atoms with Crippen molar-refractivity contribution >= 4 is 27.8 Å². The monoisotopic (exact) mass is 448 g/mol. The van der Waals surface area contributed by atoms with Gasteiger partial charge in [-0.3, -0.25) is 0 Å². The molecule has 6 rings (SSSR count). The molecule has 0 radical (unpaired) electrons. The van der Waals surface area contributed by atoms with E-state index in [2.05, 4.69) is 9.97 Å². The van der Waals surface area contributed by atoms with Crippen molar-refractivity contribution in [3.05, 3.63) is 106 Å². The van der Waals surface area contributed by atoms with E-state index in [0.29, 0.717) is 44.1 Å². The number of hydrogen-bond acceptors (Lipinski definition) is 6. The Morgan fingerprint density at radius 1 is 0.676 bits per heavy atom. The standard InChI is InChI=1S/C28H20N2O4/c1-15-7-9-17-21(11-13-23(31)25(17)29-15)28(20-6-4-3-5-19(20)27(33)34-28)22-12-14-24(32)26-18(22)10-8-16(2)30-26/h3-14,31-32H,1-2H3. The van der Waals surface area contributed by atoms with E-state index < -0.39 is 11.6 Å². The first-order valence-electron chi connectivity index (χ1n) is 10.9. The molecule has 166 valence electrons. The third-order valence-electron chi connectivity index (χ3n) is 6.48. The van der Waals surface area contributed by atoms with Gasteiger partial charge in [0.2, 0.25) is 0 Å². The Morgan fingerprint density at radius 3 is 1.76 bits per heavy atom. The predicted octanol–water partition coefficient (Wildman–Crippen LogP) is 5.27. The highest BCUT2D eigenvalue weighted by molar-refractivity contribution is 6.01. The lowest BCUT2D eigenvalue weighted by atomic mass is 9.77. The van der Waals surface area contributed by atoms with Crippen molar-refractivity contribution in [2.24, 2.45) is 0 Å². The van der Waals surface area contributed by atoms with Crippen molar-refractivity contribution in [2.45, 2.75) is 19.4 Å². The van der Waals surface area contributed by atoms with Gasteiger partial charge in [-0.15, -0.1) is 0 Å². The highest BCUT2D eigenvalue weighted by atomic mass is 16.6. The zero-order chi connectivity index (χ0) is 23.6. The van der Waals surface area contributed by atoms with Crippen LogP contribution in [0, 0.1) is 13.8 Å². The molecule has 3 heterocycles. The molecule has 5 aromatic rings. The summed E-state index contributed by atoms with van der Waals surface area (Å²) in [6.07, 6.45) is 0. The number of pyridine rings is 2. The van der Waals surface area contributed by atoms with E-state index in [-0.39, 0.29) is 11.5 Å². The quantitative estimate of drug-likeness (QED) is 0.357. The van der Waals surface area contributed by atoms with Crippen molar-refractivity contribution in [2.75, 3.05) is 0 Å². The Hall–Kier alpha value is -4.45. The van der Waals surface area contributed by atoms with E-state index >= 15 is 0 Å². The molecule has 0 aliphatic carbocycles. The number of benzene rings is 3. The van der Waals surface area contributed by atoms with E-state index in [1.54, 1.807) is 36.4 Å². The number of phenols is 2. The van der Waals surface area contributed by atoms with E-state index in [1.807, 2.05) is 50.2 Å². The van der Waals surface area contributed by atoms with Gasteiger partial charge in [0.15, 0.2) is 5.60 Å². The van der Waals surface area contributed by atoms with Gasteiger partial charge in [-0.1, -0.05) is 30.3 Å². The van der Waals surface area contributed by atoms with Crippen LogP contribution in [0.1, 0.15) is 38.4 Å². The molecular formula is C28H20N2O4. The van der Waals surface area contributed by atoms with Crippen LogP contribution in [0.5, 0.6) is 11.5 Å². The summed E-state index contributed by atoms with van der Waals surface area (Å²) in [6.45, 7) is 3.71. The zero-order valence-electron chi connectivity index (χ0n) is 18.5. The molecule has 0 atom stereocenters. The second kappa shape index (κ2) is 7.02. The summed E-state index contributed by atoms with van der Waals surface area (Å²) in [4.78, 5) is 22.3. The molecule has 0 bridgehead atoms. The van der Waals surface area contributed by atoms with Gasteiger partial charge in [0.05, 0.1) is 5.56 Å². The van der Waals surface area contributed by atoms with Crippen LogP contribution < -0.4 is 0 Å². The van der Waals surface area contributed by atoms with Gasteiger partial charge >= 0.3 is 5.97 Å². The average Bonchev–Trinajstić information content (AvgIpc) is 3.13. The third-order valence-corrected chi connectivity index (χ3v) is 6.48. The van der Waals surface area contributed by atoms with Crippen molar-refractivity contribution in [3.63, 3.8) is 0 Å². The fourth-order valence-corrected chi connectivity index (χ4v) is 4.98. The molecule has 0 amide bonds. The van der Waals surface area contributed by atoms with Crippen molar-refractivity contribution in [3.8, 4) is 11.5 Å². The van der Waals surface area contributed by atoms with Gasteiger partial charge in [-0.25, -0.2) is 14.8 Å². The molecule has 0 saturated heterocycles. The van der Waals surface area contributed by atoms with Gasteiger partial charge in [0.1, 0.15) is 22.5 Å². The van der Waals surface area contributed by atoms with Crippen LogP contribution in [0.25, 0.3) is 21.8 Å². The van der Waals surface area contributed by atoms with Crippen LogP contribution in [-0.2, 0) is 10.3 Å². The number of aromatic nitrogens is 2. The largest absolute Gasteiger partial charge is 0.506 e. The maximum atomic E-state index is 13.2. The van der Waals surface area contributed by atoms with Gasteiger partial charge < -0.3 is 14.9 Å². The lowest BCUT2D eigenvalue weighted by Crippen LogP contribution is -2.30. The second-order valence-corrected chi connectivity index (χ2v) is 8.58. The van der Waals surface area contributed by atoms with Crippen LogP contribution in [0.3, 0.4) is 0 Å². The number of phenolic OH excluding ortho intramolecular Hbond substituents is 2. The van der Waals surface area contributed by atoms with E-state index in [0.717, 1.165) is 11.4 Å². The first-order valence-corrected chi connectivity index (χ1v) is 10.9. The minimum Gasteiger partial charge on any atom is -0.506 e. The molecule has 34 heavy (non-hydrogen) atoms. The summed E-state index contributed by atoms with van der Waals surface area (Å²) in [6, 6.07) is 21.5. The minimum absolute atomic E-state index is 0.0445. The summed E-state index contributed by atoms with van der Waals surface area (Å²) in [5.74, 6) is -0.357. The Bertz CT molecular complexity index is 1570. The number of cyclic esters (lactones) is 1. The predicted molar refractivity (Wildman–Crippen MR) is 128 cm³/mol. The normalized spacial score (nSPS) is 14.4. The highest BCUT2D eigenvalue weighted by Crippen LogP contribution is 2.51. The fraction of sp³-hybridized carbons (Fsp3) is 0.107. The summed E-state index contributed by atoms with van der Waals surface area (Å²) >= 11 is 0. The lowest BCUT2D eigenvalue weighted by molar-refractivity contribution is 0.0260. The third kappa shape index (κ3) is 2.65. The van der Waals surface area contributed by atoms with Gasteiger partial charge in [0.25, 0.3) is 0 Å². The summed E-state index contributed by atoms with van der Waals surface area (Å²) in [5.41, 5.74) is 3.51. The molecule has 0 fully saturated rings. The average molecular weight is 448 g/mol. The molecular weight excluding hydrogens is 428 g/mol. The van der Waals surface area contributed by atoms with Crippen molar-refractivity contribution < 1.29 is 19.7 Å². The Kier molecular flexibility index (Phi) is 4.17. The zero-order valence-corrected chi connectivity index (χ0v) is 18.5.